The SMILES string of the molecule is OCC1CCN(c2ccc(I)nn2)CC1. The van der Waals surface area contributed by atoms with E-state index in [1.165, 1.54) is 0 Å². The van der Waals surface area contributed by atoms with E-state index in [0.29, 0.717) is 12.5 Å². The minimum absolute atomic E-state index is 0.312. The summed E-state index contributed by atoms with van der Waals surface area (Å²) in [4.78, 5) is 2.23. The van der Waals surface area contributed by atoms with Crippen LogP contribution in [0.15, 0.2) is 12.1 Å². The van der Waals surface area contributed by atoms with Crippen LogP contribution >= 0.6 is 22.6 Å². The lowest BCUT2D eigenvalue weighted by Crippen LogP contribution is -2.35. The summed E-state index contributed by atoms with van der Waals surface area (Å²) in [6.45, 7) is 2.26. The lowest BCUT2D eigenvalue weighted by Gasteiger charge is -2.31. The van der Waals surface area contributed by atoms with E-state index in [2.05, 4.69) is 37.7 Å². The van der Waals surface area contributed by atoms with Crippen molar-refractivity contribution in [2.45, 2.75) is 12.8 Å². The summed E-state index contributed by atoms with van der Waals surface area (Å²) in [5.41, 5.74) is 0. The molecule has 0 unspecified atom stereocenters. The third kappa shape index (κ3) is 2.78. The Balaban J connectivity index is 1.98. The van der Waals surface area contributed by atoms with Crippen LogP contribution < -0.4 is 4.90 Å². The summed E-state index contributed by atoms with van der Waals surface area (Å²) in [5, 5.41) is 17.2. The predicted molar refractivity (Wildman–Crippen MR) is 66.8 cm³/mol. The molecular formula is C10H14IN3O. The molecule has 1 N–H and O–H groups in total. The Morgan fingerprint density at radius 3 is 2.60 bits per heavy atom. The number of hydrogen-bond acceptors (Lipinski definition) is 4. The molecule has 0 radical (unpaired) electrons. The van der Waals surface area contributed by atoms with Crippen molar-refractivity contribution in [1.82, 2.24) is 10.2 Å². The molecule has 0 atom stereocenters. The number of halogens is 1. The molecule has 5 heteroatoms. The average Bonchev–Trinajstić information content (AvgIpc) is 2.30. The van der Waals surface area contributed by atoms with Gasteiger partial charge in [0.25, 0.3) is 0 Å². The fourth-order valence-electron chi connectivity index (χ4n) is 1.82. The highest BCUT2D eigenvalue weighted by Gasteiger charge is 2.19. The van der Waals surface area contributed by atoms with Gasteiger partial charge in [0.15, 0.2) is 5.82 Å². The number of piperidine rings is 1. The zero-order valence-corrected chi connectivity index (χ0v) is 10.6. The van der Waals surface area contributed by atoms with Gasteiger partial charge in [0.05, 0.1) is 0 Å². The highest BCUT2D eigenvalue weighted by Crippen LogP contribution is 2.20. The van der Waals surface area contributed by atoms with E-state index in [-0.39, 0.29) is 0 Å². The molecule has 1 aliphatic rings. The van der Waals surface area contributed by atoms with Crippen LogP contribution in [0.4, 0.5) is 5.82 Å². The molecule has 15 heavy (non-hydrogen) atoms. The molecule has 0 bridgehead atoms. The smallest absolute Gasteiger partial charge is 0.151 e. The summed E-state index contributed by atoms with van der Waals surface area (Å²) < 4.78 is 0.918. The van der Waals surface area contributed by atoms with E-state index in [9.17, 15) is 0 Å². The van der Waals surface area contributed by atoms with Crippen LogP contribution in [0, 0.1) is 9.62 Å². The Hall–Kier alpha value is -0.430. The van der Waals surface area contributed by atoms with Gasteiger partial charge in [-0.25, -0.2) is 0 Å². The van der Waals surface area contributed by atoms with Crippen LogP contribution in [0.1, 0.15) is 12.8 Å². The normalized spacial score (nSPS) is 18.1. The molecule has 1 aromatic rings. The second-order valence-electron chi connectivity index (χ2n) is 3.83. The quantitative estimate of drug-likeness (QED) is 0.835. The molecule has 1 saturated heterocycles. The van der Waals surface area contributed by atoms with Crippen LogP contribution in [0.2, 0.25) is 0 Å². The van der Waals surface area contributed by atoms with Crippen LogP contribution in [0.25, 0.3) is 0 Å². The Morgan fingerprint density at radius 1 is 1.33 bits per heavy atom. The summed E-state index contributed by atoms with van der Waals surface area (Å²) in [5.74, 6) is 1.42. The second-order valence-corrected chi connectivity index (χ2v) is 4.93. The third-order valence-corrected chi connectivity index (χ3v) is 3.39. The maximum atomic E-state index is 9.04. The molecule has 1 fully saturated rings. The van der Waals surface area contributed by atoms with Crippen molar-refractivity contribution in [3.63, 3.8) is 0 Å². The number of nitrogens with zero attached hydrogens (tertiary/aromatic N) is 3. The monoisotopic (exact) mass is 319 g/mol. The van der Waals surface area contributed by atoms with E-state index in [0.717, 1.165) is 35.4 Å². The maximum absolute atomic E-state index is 9.04. The first kappa shape index (κ1) is 11.1. The van der Waals surface area contributed by atoms with E-state index in [4.69, 9.17) is 5.11 Å². The first-order valence-electron chi connectivity index (χ1n) is 5.14. The Labute approximate surface area is 103 Å². The van der Waals surface area contributed by atoms with Crippen molar-refractivity contribution in [1.29, 1.82) is 0 Å². The molecule has 0 aliphatic carbocycles. The standard InChI is InChI=1S/C10H14IN3O/c11-9-1-2-10(13-12-9)14-5-3-8(7-15)4-6-14/h1-2,8,15H,3-7H2. The number of aliphatic hydroxyl groups is 1. The highest BCUT2D eigenvalue weighted by atomic mass is 127. The first-order valence-corrected chi connectivity index (χ1v) is 6.22. The van der Waals surface area contributed by atoms with Gasteiger partial charge in [0.1, 0.15) is 3.70 Å². The van der Waals surface area contributed by atoms with Gasteiger partial charge in [-0.15, -0.1) is 10.2 Å². The van der Waals surface area contributed by atoms with Crippen molar-refractivity contribution in [2.24, 2.45) is 5.92 Å². The van der Waals surface area contributed by atoms with Crippen LogP contribution in [-0.4, -0.2) is 35.0 Å². The molecule has 4 nitrogen and oxygen atoms in total. The van der Waals surface area contributed by atoms with E-state index in [1.807, 2.05) is 12.1 Å². The molecule has 2 heterocycles. The van der Waals surface area contributed by atoms with Crippen molar-refractivity contribution in [3.8, 4) is 0 Å². The fourth-order valence-corrected chi connectivity index (χ4v) is 2.11. The van der Waals surface area contributed by atoms with Gasteiger partial charge in [-0.3, -0.25) is 0 Å². The van der Waals surface area contributed by atoms with E-state index >= 15 is 0 Å². The predicted octanol–water partition coefficient (Wildman–Crippen LogP) is 1.29. The lowest BCUT2D eigenvalue weighted by atomic mass is 9.98. The molecule has 0 saturated carbocycles. The van der Waals surface area contributed by atoms with Gasteiger partial charge in [0, 0.05) is 19.7 Å². The number of anilines is 1. The number of rotatable bonds is 2. The van der Waals surface area contributed by atoms with Crippen LogP contribution in [0.3, 0.4) is 0 Å². The molecule has 82 valence electrons. The Bertz CT molecular complexity index is 309. The number of aliphatic hydroxyl groups excluding tert-OH is 1. The van der Waals surface area contributed by atoms with Crippen molar-refractivity contribution in [3.05, 3.63) is 15.8 Å². The summed E-state index contributed by atoms with van der Waals surface area (Å²) in [6, 6.07) is 3.98. The minimum Gasteiger partial charge on any atom is -0.396 e. The Kier molecular flexibility index (Phi) is 3.74. The van der Waals surface area contributed by atoms with Gasteiger partial charge in [-0.1, -0.05) is 0 Å². The van der Waals surface area contributed by atoms with Crippen molar-refractivity contribution < 1.29 is 5.11 Å². The molecule has 1 aliphatic heterocycles. The largest absolute Gasteiger partial charge is 0.396 e. The van der Waals surface area contributed by atoms with Gasteiger partial charge in [0.2, 0.25) is 0 Å². The average molecular weight is 319 g/mol. The number of aromatic nitrogens is 2. The zero-order chi connectivity index (χ0) is 10.7. The first-order chi connectivity index (χ1) is 7.29. The maximum Gasteiger partial charge on any atom is 0.151 e. The van der Waals surface area contributed by atoms with Gasteiger partial charge in [-0.05, 0) is 53.5 Å². The number of hydrogen-bond donors (Lipinski definition) is 1. The molecule has 2 rings (SSSR count). The summed E-state index contributed by atoms with van der Waals surface area (Å²) in [7, 11) is 0. The van der Waals surface area contributed by atoms with Gasteiger partial charge in [-0.2, -0.15) is 0 Å². The van der Waals surface area contributed by atoms with Crippen LogP contribution in [0.5, 0.6) is 0 Å². The molecule has 0 spiro atoms. The minimum atomic E-state index is 0.312. The summed E-state index contributed by atoms with van der Waals surface area (Å²) >= 11 is 2.15. The fraction of sp³-hybridized carbons (Fsp3) is 0.600. The van der Waals surface area contributed by atoms with Crippen LogP contribution in [-0.2, 0) is 0 Å². The zero-order valence-electron chi connectivity index (χ0n) is 8.43. The second kappa shape index (κ2) is 5.07. The van der Waals surface area contributed by atoms with Gasteiger partial charge >= 0.3 is 0 Å². The van der Waals surface area contributed by atoms with Crippen molar-refractivity contribution >= 4 is 28.4 Å². The highest BCUT2D eigenvalue weighted by molar-refractivity contribution is 14.1. The molecule has 1 aromatic heterocycles. The summed E-state index contributed by atoms with van der Waals surface area (Å²) in [6.07, 6.45) is 2.09. The molecular weight excluding hydrogens is 305 g/mol. The van der Waals surface area contributed by atoms with E-state index < -0.39 is 0 Å². The Morgan fingerprint density at radius 2 is 2.07 bits per heavy atom. The molecule has 0 amide bonds. The van der Waals surface area contributed by atoms with Crippen molar-refractivity contribution in [2.75, 3.05) is 24.6 Å². The molecule has 0 aromatic carbocycles. The third-order valence-electron chi connectivity index (χ3n) is 2.81. The van der Waals surface area contributed by atoms with Gasteiger partial charge < -0.3 is 10.0 Å². The topological polar surface area (TPSA) is 49.2 Å². The van der Waals surface area contributed by atoms with E-state index in [1.54, 1.807) is 0 Å². The lowest BCUT2D eigenvalue weighted by molar-refractivity contribution is 0.202.